The van der Waals surface area contributed by atoms with Gasteiger partial charge >= 0.3 is 0 Å². The summed E-state index contributed by atoms with van der Waals surface area (Å²) in [6, 6.07) is 7.91. The van der Waals surface area contributed by atoms with E-state index in [1.807, 2.05) is 24.3 Å². The molecule has 2 N–H and O–H groups in total. The number of carbonyl (C=O) groups excluding carboxylic acids is 1. The van der Waals surface area contributed by atoms with Crippen molar-refractivity contribution in [1.82, 2.24) is 5.32 Å². The van der Waals surface area contributed by atoms with E-state index in [-0.39, 0.29) is 0 Å². The zero-order chi connectivity index (χ0) is 11.1. The highest BCUT2D eigenvalue weighted by molar-refractivity contribution is 5.75. The lowest BCUT2D eigenvalue weighted by atomic mass is 10.2. The van der Waals surface area contributed by atoms with E-state index < -0.39 is 0 Å². The molecule has 3 heteroatoms. The highest BCUT2D eigenvalue weighted by Crippen LogP contribution is 2.07. The van der Waals surface area contributed by atoms with Gasteiger partial charge < -0.3 is 10.6 Å². The summed E-state index contributed by atoms with van der Waals surface area (Å²) < 4.78 is 0. The van der Waals surface area contributed by atoms with E-state index in [4.69, 9.17) is 0 Å². The SMILES string of the molecule is CCNC(C)CNc1ccc(C=O)cc1. The van der Waals surface area contributed by atoms with Gasteiger partial charge in [0.1, 0.15) is 6.29 Å². The summed E-state index contributed by atoms with van der Waals surface area (Å²) in [5, 5.41) is 6.62. The molecule has 0 aliphatic carbocycles. The number of anilines is 1. The highest BCUT2D eigenvalue weighted by atomic mass is 16.1. The maximum Gasteiger partial charge on any atom is 0.150 e. The molecule has 1 unspecified atom stereocenters. The van der Waals surface area contributed by atoms with Crippen molar-refractivity contribution in [3.05, 3.63) is 29.8 Å². The third kappa shape index (κ3) is 4.13. The van der Waals surface area contributed by atoms with Gasteiger partial charge in [0.2, 0.25) is 0 Å². The molecule has 0 bridgehead atoms. The Morgan fingerprint density at radius 3 is 2.53 bits per heavy atom. The first-order chi connectivity index (χ1) is 7.26. The van der Waals surface area contributed by atoms with Crippen LogP contribution in [0.3, 0.4) is 0 Å². The second kappa shape index (κ2) is 6.19. The third-order valence-corrected chi connectivity index (χ3v) is 2.21. The molecule has 0 saturated carbocycles. The molecule has 1 aromatic rings. The molecule has 0 aliphatic rings. The van der Waals surface area contributed by atoms with Crippen LogP contribution in [0.4, 0.5) is 5.69 Å². The van der Waals surface area contributed by atoms with Gasteiger partial charge in [-0.25, -0.2) is 0 Å². The fraction of sp³-hybridized carbons (Fsp3) is 0.417. The third-order valence-electron chi connectivity index (χ3n) is 2.21. The van der Waals surface area contributed by atoms with Crippen LogP contribution in [0.15, 0.2) is 24.3 Å². The van der Waals surface area contributed by atoms with Crippen LogP contribution in [0.5, 0.6) is 0 Å². The van der Waals surface area contributed by atoms with Gasteiger partial charge in [0.05, 0.1) is 0 Å². The number of likely N-dealkylation sites (N-methyl/N-ethyl adjacent to an activating group) is 1. The molecule has 0 aliphatic heterocycles. The quantitative estimate of drug-likeness (QED) is 0.699. The minimum absolute atomic E-state index is 0.445. The second-order valence-electron chi connectivity index (χ2n) is 3.58. The van der Waals surface area contributed by atoms with Crippen LogP contribution in [0.1, 0.15) is 24.2 Å². The summed E-state index contributed by atoms with van der Waals surface area (Å²) >= 11 is 0. The number of hydrogen-bond acceptors (Lipinski definition) is 3. The van der Waals surface area contributed by atoms with Gasteiger partial charge in [-0.1, -0.05) is 6.92 Å². The van der Waals surface area contributed by atoms with Crippen LogP contribution in [0.25, 0.3) is 0 Å². The lowest BCUT2D eigenvalue weighted by Crippen LogP contribution is -2.32. The largest absolute Gasteiger partial charge is 0.383 e. The van der Waals surface area contributed by atoms with Crippen molar-refractivity contribution in [3.8, 4) is 0 Å². The van der Waals surface area contributed by atoms with E-state index in [1.54, 1.807) is 0 Å². The Hall–Kier alpha value is -1.35. The van der Waals surface area contributed by atoms with Crippen molar-refractivity contribution >= 4 is 12.0 Å². The normalized spacial score (nSPS) is 12.1. The summed E-state index contributed by atoms with van der Waals surface area (Å²) in [6.45, 7) is 6.09. The molecule has 0 amide bonds. The Bertz CT molecular complexity index is 295. The predicted octanol–water partition coefficient (Wildman–Crippen LogP) is 1.91. The maximum absolute atomic E-state index is 10.4. The minimum atomic E-state index is 0.445. The number of benzene rings is 1. The number of rotatable bonds is 6. The minimum Gasteiger partial charge on any atom is -0.383 e. The van der Waals surface area contributed by atoms with Crippen LogP contribution < -0.4 is 10.6 Å². The van der Waals surface area contributed by atoms with Gasteiger partial charge in [-0.05, 0) is 37.7 Å². The molecule has 1 atom stereocenters. The molecule has 1 aromatic carbocycles. The Morgan fingerprint density at radius 2 is 2.00 bits per heavy atom. The molecule has 0 fully saturated rings. The van der Waals surface area contributed by atoms with E-state index in [0.29, 0.717) is 11.6 Å². The number of nitrogens with one attached hydrogen (secondary N) is 2. The number of carbonyl (C=O) groups is 1. The predicted molar refractivity (Wildman–Crippen MR) is 63.5 cm³/mol. The molecule has 0 heterocycles. The summed E-state index contributed by atoms with van der Waals surface area (Å²) in [6.07, 6.45) is 0.852. The molecule has 82 valence electrons. The highest BCUT2D eigenvalue weighted by Gasteiger charge is 1.98. The van der Waals surface area contributed by atoms with Gasteiger partial charge in [0, 0.05) is 23.8 Å². The van der Waals surface area contributed by atoms with Crippen molar-refractivity contribution in [2.75, 3.05) is 18.4 Å². The Labute approximate surface area is 90.9 Å². The maximum atomic E-state index is 10.4. The van der Waals surface area contributed by atoms with Gasteiger partial charge in [0.15, 0.2) is 0 Å². The van der Waals surface area contributed by atoms with Crippen LogP contribution in [0.2, 0.25) is 0 Å². The van der Waals surface area contributed by atoms with Gasteiger partial charge in [-0.15, -0.1) is 0 Å². The van der Waals surface area contributed by atoms with Crippen molar-refractivity contribution in [2.45, 2.75) is 19.9 Å². The van der Waals surface area contributed by atoms with E-state index in [1.165, 1.54) is 0 Å². The topological polar surface area (TPSA) is 41.1 Å². The summed E-state index contributed by atoms with van der Waals surface area (Å²) in [7, 11) is 0. The molecular formula is C12H18N2O. The van der Waals surface area contributed by atoms with Crippen LogP contribution in [-0.2, 0) is 0 Å². The Kier molecular flexibility index (Phi) is 4.84. The molecule has 0 aromatic heterocycles. The molecule has 15 heavy (non-hydrogen) atoms. The van der Waals surface area contributed by atoms with Gasteiger partial charge in [-0.3, -0.25) is 4.79 Å². The smallest absolute Gasteiger partial charge is 0.150 e. The van der Waals surface area contributed by atoms with E-state index in [2.05, 4.69) is 24.5 Å². The molecular weight excluding hydrogens is 188 g/mol. The van der Waals surface area contributed by atoms with Crippen molar-refractivity contribution in [3.63, 3.8) is 0 Å². The first kappa shape index (κ1) is 11.7. The lowest BCUT2D eigenvalue weighted by Gasteiger charge is -2.14. The van der Waals surface area contributed by atoms with Gasteiger partial charge in [0.25, 0.3) is 0 Å². The fourth-order valence-corrected chi connectivity index (χ4v) is 1.37. The van der Waals surface area contributed by atoms with Crippen LogP contribution in [0, 0.1) is 0 Å². The summed E-state index contributed by atoms with van der Waals surface area (Å²) in [4.78, 5) is 10.4. The summed E-state index contributed by atoms with van der Waals surface area (Å²) in [5.41, 5.74) is 1.76. The van der Waals surface area contributed by atoms with E-state index in [0.717, 1.165) is 25.1 Å². The molecule has 0 spiro atoms. The molecule has 1 rings (SSSR count). The van der Waals surface area contributed by atoms with E-state index >= 15 is 0 Å². The van der Waals surface area contributed by atoms with Crippen LogP contribution in [-0.4, -0.2) is 25.4 Å². The Morgan fingerprint density at radius 1 is 1.33 bits per heavy atom. The first-order valence-electron chi connectivity index (χ1n) is 5.28. The average Bonchev–Trinajstić information content (AvgIpc) is 2.27. The fourth-order valence-electron chi connectivity index (χ4n) is 1.37. The second-order valence-corrected chi connectivity index (χ2v) is 3.58. The number of hydrogen-bond donors (Lipinski definition) is 2. The molecule has 3 nitrogen and oxygen atoms in total. The zero-order valence-electron chi connectivity index (χ0n) is 9.29. The Balaban J connectivity index is 2.40. The standard InChI is InChI=1S/C12H18N2O/c1-3-13-10(2)8-14-12-6-4-11(9-15)5-7-12/h4-7,9-10,13-14H,3,8H2,1-2H3. The number of aldehydes is 1. The summed E-state index contributed by atoms with van der Waals surface area (Å²) in [5.74, 6) is 0. The monoisotopic (exact) mass is 206 g/mol. The van der Waals surface area contributed by atoms with Crippen molar-refractivity contribution < 1.29 is 4.79 Å². The van der Waals surface area contributed by atoms with Crippen molar-refractivity contribution in [2.24, 2.45) is 0 Å². The lowest BCUT2D eigenvalue weighted by molar-refractivity contribution is 0.112. The van der Waals surface area contributed by atoms with E-state index in [9.17, 15) is 4.79 Å². The van der Waals surface area contributed by atoms with Gasteiger partial charge in [-0.2, -0.15) is 0 Å². The molecule has 0 radical (unpaired) electrons. The molecule has 0 saturated heterocycles. The average molecular weight is 206 g/mol. The zero-order valence-corrected chi connectivity index (χ0v) is 9.29. The van der Waals surface area contributed by atoms with Crippen LogP contribution >= 0.6 is 0 Å². The first-order valence-corrected chi connectivity index (χ1v) is 5.28. The van der Waals surface area contributed by atoms with Crippen molar-refractivity contribution in [1.29, 1.82) is 0 Å².